The molecule has 35 heavy (non-hydrogen) atoms. The zero-order valence-corrected chi connectivity index (χ0v) is 21.7. The van der Waals surface area contributed by atoms with Crippen LogP contribution in [0.2, 0.25) is 0 Å². The number of carbonyl (C=O) groups is 2. The SMILES string of the molecule is CCN(CC)CCN(CC(=O)N1CCCN(c2ccc(-c3ccccc3)nn2)CC1)C(=O)C(C)C. The second-order valence-corrected chi connectivity index (χ2v) is 9.31. The molecule has 0 radical (unpaired) electrons. The third-order valence-corrected chi connectivity index (χ3v) is 6.60. The molecule has 1 fully saturated rings. The van der Waals surface area contributed by atoms with Gasteiger partial charge in [-0.15, -0.1) is 10.2 Å². The number of carbonyl (C=O) groups excluding carboxylic acids is 2. The number of hydrogen-bond donors (Lipinski definition) is 0. The molecule has 1 aromatic carbocycles. The van der Waals surface area contributed by atoms with E-state index in [2.05, 4.69) is 33.8 Å². The van der Waals surface area contributed by atoms with Crippen LogP contribution in [-0.2, 0) is 9.59 Å². The lowest BCUT2D eigenvalue weighted by Gasteiger charge is -2.30. The number of likely N-dealkylation sites (N-methyl/N-ethyl adjacent to an activating group) is 1. The summed E-state index contributed by atoms with van der Waals surface area (Å²) in [6, 6.07) is 14.0. The summed E-state index contributed by atoms with van der Waals surface area (Å²) in [6.07, 6.45) is 0.853. The minimum Gasteiger partial charge on any atom is -0.353 e. The van der Waals surface area contributed by atoms with Crippen molar-refractivity contribution in [2.24, 2.45) is 5.92 Å². The molecule has 2 aromatic rings. The molecule has 0 aliphatic carbocycles. The third-order valence-electron chi connectivity index (χ3n) is 6.60. The Balaban J connectivity index is 1.59. The van der Waals surface area contributed by atoms with Crippen LogP contribution in [0.5, 0.6) is 0 Å². The Morgan fingerprint density at radius 2 is 1.66 bits per heavy atom. The molecule has 8 nitrogen and oxygen atoms in total. The first-order chi connectivity index (χ1) is 16.9. The summed E-state index contributed by atoms with van der Waals surface area (Å²) in [5.41, 5.74) is 1.89. The van der Waals surface area contributed by atoms with Gasteiger partial charge in [0.2, 0.25) is 11.8 Å². The maximum Gasteiger partial charge on any atom is 0.242 e. The van der Waals surface area contributed by atoms with Gasteiger partial charge in [-0.05, 0) is 31.6 Å². The fourth-order valence-electron chi connectivity index (χ4n) is 4.35. The van der Waals surface area contributed by atoms with E-state index in [9.17, 15) is 9.59 Å². The van der Waals surface area contributed by atoms with Crippen molar-refractivity contribution < 1.29 is 9.59 Å². The Bertz CT molecular complexity index is 930. The number of amides is 2. The van der Waals surface area contributed by atoms with Crippen molar-refractivity contribution in [2.45, 2.75) is 34.1 Å². The quantitative estimate of drug-likeness (QED) is 0.521. The molecule has 0 bridgehead atoms. The lowest BCUT2D eigenvalue weighted by Crippen LogP contribution is -2.47. The summed E-state index contributed by atoms with van der Waals surface area (Å²) in [6.45, 7) is 14.2. The summed E-state index contributed by atoms with van der Waals surface area (Å²) in [5.74, 6) is 0.757. The molecule has 1 aliphatic heterocycles. The summed E-state index contributed by atoms with van der Waals surface area (Å²) in [5, 5.41) is 8.87. The fourth-order valence-corrected chi connectivity index (χ4v) is 4.35. The Morgan fingerprint density at radius 1 is 0.914 bits per heavy atom. The molecule has 2 amide bonds. The summed E-state index contributed by atoms with van der Waals surface area (Å²) < 4.78 is 0. The molecule has 1 aliphatic rings. The van der Waals surface area contributed by atoms with E-state index in [1.54, 1.807) is 4.90 Å². The number of benzene rings is 1. The Hall–Kier alpha value is -3.00. The molecule has 0 atom stereocenters. The van der Waals surface area contributed by atoms with Gasteiger partial charge in [0.1, 0.15) is 0 Å². The monoisotopic (exact) mass is 480 g/mol. The lowest BCUT2D eigenvalue weighted by molar-refractivity contribution is -0.142. The van der Waals surface area contributed by atoms with Gasteiger partial charge in [0.15, 0.2) is 5.82 Å². The highest BCUT2D eigenvalue weighted by atomic mass is 16.2. The maximum atomic E-state index is 13.2. The van der Waals surface area contributed by atoms with Gasteiger partial charge < -0.3 is 19.6 Å². The van der Waals surface area contributed by atoms with Crippen LogP contribution in [0.25, 0.3) is 11.3 Å². The smallest absolute Gasteiger partial charge is 0.242 e. The van der Waals surface area contributed by atoms with Crippen LogP contribution in [0.4, 0.5) is 5.82 Å². The van der Waals surface area contributed by atoms with Gasteiger partial charge in [0.25, 0.3) is 0 Å². The number of rotatable bonds is 10. The largest absolute Gasteiger partial charge is 0.353 e. The topological polar surface area (TPSA) is 72.9 Å². The van der Waals surface area contributed by atoms with Crippen LogP contribution in [-0.4, -0.2) is 95.6 Å². The maximum absolute atomic E-state index is 13.2. The third kappa shape index (κ3) is 7.49. The Labute approximate surface area is 209 Å². The molecular formula is C27H40N6O2. The highest BCUT2D eigenvalue weighted by Gasteiger charge is 2.25. The van der Waals surface area contributed by atoms with Crippen LogP contribution in [0.15, 0.2) is 42.5 Å². The lowest BCUT2D eigenvalue weighted by atomic mass is 10.1. The minimum atomic E-state index is -0.128. The number of nitrogens with zero attached hydrogens (tertiary/aromatic N) is 6. The second kappa shape index (κ2) is 13.2. The zero-order valence-electron chi connectivity index (χ0n) is 21.7. The van der Waals surface area contributed by atoms with Crippen LogP contribution in [0.1, 0.15) is 34.1 Å². The molecular weight excluding hydrogens is 440 g/mol. The van der Waals surface area contributed by atoms with Crippen molar-refractivity contribution >= 4 is 17.6 Å². The minimum absolute atomic E-state index is 0.0194. The van der Waals surface area contributed by atoms with Crippen molar-refractivity contribution in [3.63, 3.8) is 0 Å². The zero-order chi connectivity index (χ0) is 25.2. The highest BCUT2D eigenvalue weighted by Crippen LogP contribution is 2.19. The first-order valence-corrected chi connectivity index (χ1v) is 12.9. The number of anilines is 1. The van der Waals surface area contributed by atoms with E-state index in [1.807, 2.05) is 61.2 Å². The Kier molecular flexibility index (Phi) is 10.0. The van der Waals surface area contributed by atoms with Gasteiger partial charge >= 0.3 is 0 Å². The van der Waals surface area contributed by atoms with E-state index in [0.717, 1.165) is 49.7 Å². The summed E-state index contributed by atoms with van der Waals surface area (Å²) >= 11 is 0. The van der Waals surface area contributed by atoms with E-state index in [0.29, 0.717) is 26.2 Å². The van der Waals surface area contributed by atoms with Gasteiger partial charge in [0.05, 0.1) is 12.2 Å². The average molecular weight is 481 g/mol. The molecule has 0 spiro atoms. The van der Waals surface area contributed by atoms with Gasteiger partial charge in [-0.2, -0.15) is 0 Å². The van der Waals surface area contributed by atoms with Crippen LogP contribution in [0.3, 0.4) is 0 Å². The summed E-state index contributed by atoms with van der Waals surface area (Å²) in [4.78, 5) is 34.1. The average Bonchev–Trinajstić information content (AvgIpc) is 3.15. The first-order valence-electron chi connectivity index (χ1n) is 12.9. The van der Waals surface area contributed by atoms with E-state index in [-0.39, 0.29) is 24.3 Å². The van der Waals surface area contributed by atoms with E-state index < -0.39 is 0 Å². The van der Waals surface area contributed by atoms with Gasteiger partial charge in [0, 0.05) is 50.7 Å². The predicted octanol–water partition coefficient (Wildman–Crippen LogP) is 3.01. The molecule has 190 valence electrons. The van der Waals surface area contributed by atoms with E-state index >= 15 is 0 Å². The van der Waals surface area contributed by atoms with E-state index in [4.69, 9.17) is 0 Å². The van der Waals surface area contributed by atoms with E-state index in [1.165, 1.54) is 0 Å². The molecule has 3 rings (SSSR count). The normalized spacial score (nSPS) is 14.3. The van der Waals surface area contributed by atoms with Crippen molar-refractivity contribution in [3.05, 3.63) is 42.5 Å². The van der Waals surface area contributed by atoms with Crippen LogP contribution >= 0.6 is 0 Å². The molecule has 0 N–H and O–H groups in total. The molecule has 1 aromatic heterocycles. The van der Waals surface area contributed by atoms with Gasteiger partial charge in [-0.3, -0.25) is 9.59 Å². The van der Waals surface area contributed by atoms with Crippen molar-refractivity contribution in [1.29, 1.82) is 0 Å². The molecule has 0 saturated carbocycles. The van der Waals surface area contributed by atoms with Crippen molar-refractivity contribution in [1.82, 2.24) is 24.9 Å². The van der Waals surface area contributed by atoms with Crippen molar-refractivity contribution in [3.8, 4) is 11.3 Å². The van der Waals surface area contributed by atoms with Crippen LogP contribution in [0, 0.1) is 5.92 Å². The molecule has 1 saturated heterocycles. The highest BCUT2D eigenvalue weighted by molar-refractivity contribution is 5.85. The standard InChI is InChI=1S/C27H40N6O2/c1-5-30(6-2)17-18-33(27(35)22(3)4)21-26(34)32-16-10-15-31(19-20-32)25-14-13-24(28-29-25)23-11-8-7-9-12-23/h7-9,11-14,22H,5-6,10,15-21H2,1-4H3. The predicted molar refractivity (Wildman–Crippen MR) is 140 cm³/mol. The van der Waals surface area contributed by atoms with Crippen LogP contribution < -0.4 is 4.90 Å². The van der Waals surface area contributed by atoms with Gasteiger partial charge in [-0.25, -0.2) is 0 Å². The molecule has 8 heteroatoms. The first kappa shape index (κ1) is 26.6. The molecule has 2 heterocycles. The number of hydrogen-bond acceptors (Lipinski definition) is 6. The molecule has 0 unspecified atom stereocenters. The van der Waals surface area contributed by atoms with Gasteiger partial charge in [-0.1, -0.05) is 58.0 Å². The summed E-state index contributed by atoms with van der Waals surface area (Å²) in [7, 11) is 0. The Morgan fingerprint density at radius 3 is 2.29 bits per heavy atom. The number of aromatic nitrogens is 2. The fraction of sp³-hybridized carbons (Fsp3) is 0.556. The van der Waals surface area contributed by atoms with Crippen molar-refractivity contribution in [2.75, 3.05) is 63.8 Å². The second-order valence-electron chi connectivity index (χ2n) is 9.31.